The molecular weight excluding hydrogens is 196 g/mol. The molecule has 5 nitrogen and oxygen atoms in total. The van der Waals surface area contributed by atoms with Crippen LogP contribution in [0.4, 0.5) is 14.5 Å². The summed E-state index contributed by atoms with van der Waals surface area (Å²) in [5.41, 5.74) is 7.47. The van der Waals surface area contributed by atoms with Crippen LogP contribution in [0.1, 0.15) is 22.5 Å². The molecule has 1 heterocycles. The number of alkyl halides is 2. The van der Waals surface area contributed by atoms with Crippen molar-refractivity contribution in [3.63, 3.8) is 0 Å². The molecule has 0 radical (unpaired) electrons. The Balaban J connectivity index is 3.47. The molecular formula is C7H7F2N3O2. The van der Waals surface area contributed by atoms with Crippen molar-refractivity contribution in [3.8, 4) is 0 Å². The molecule has 0 aliphatic heterocycles. The largest absolute Gasteiger partial charge is 0.394 e. The Morgan fingerprint density at radius 1 is 1.50 bits per heavy atom. The average Bonchev–Trinajstić information content (AvgIpc) is 2.08. The van der Waals surface area contributed by atoms with E-state index in [1.54, 1.807) is 4.98 Å². The number of hydrogen-bond donors (Lipinski definition) is 3. The van der Waals surface area contributed by atoms with Crippen molar-refractivity contribution in [2.75, 3.05) is 5.73 Å². The number of nitrogens with two attached hydrogens (primary N) is 2. The molecule has 1 aromatic rings. The van der Waals surface area contributed by atoms with Gasteiger partial charge in [0.15, 0.2) is 0 Å². The molecule has 0 aliphatic rings. The van der Waals surface area contributed by atoms with Gasteiger partial charge in [-0.1, -0.05) is 0 Å². The maximum Gasteiger partial charge on any atom is 0.279 e. The minimum absolute atomic E-state index is 0.330. The highest BCUT2D eigenvalue weighted by molar-refractivity contribution is 5.94. The lowest BCUT2D eigenvalue weighted by Crippen LogP contribution is -2.21. The molecule has 0 spiro atoms. The third-order valence-corrected chi connectivity index (χ3v) is 1.58. The third-order valence-electron chi connectivity index (χ3n) is 1.58. The molecule has 76 valence electrons. The number of anilines is 1. The summed E-state index contributed by atoms with van der Waals surface area (Å²) in [6.07, 6.45) is -2.98. The predicted molar refractivity (Wildman–Crippen MR) is 44.9 cm³/mol. The number of hydrogen-bond acceptors (Lipinski definition) is 3. The molecule has 1 amide bonds. The Kier molecular flexibility index (Phi) is 2.50. The normalized spacial score (nSPS) is 10.5. The number of amides is 1. The summed E-state index contributed by atoms with van der Waals surface area (Å²) >= 11 is 0. The Hall–Kier alpha value is -1.92. The number of primary amides is 1. The van der Waals surface area contributed by atoms with Gasteiger partial charge in [0.1, 0.15) is 0 Å². The first-order valence-corrected chi connectivity index (χ1v) is 3.54. The lowest BCUT2D eigenvalue weighted by molar-refractivity contribution is 0.0983. The van der Waals surface area contributed by atoms with Gasteiger partial charge < -0.3 is 16.5 Å². The van der Waals surface area contributed by atoms with Crippen LogP contribution in [0, 0.1) is 0 Å². The number of H-pyrrole nitrogens is 1. The summed E-state index contributed by atoms with van der Waals surface area (Å²) in [5, 5.41) is 0. The van der Waals surface area contributed by atoms with Crippen molar-refractivity contribution in [2.45, 2.75) is 6.43 Å². The topological polar surface area (TPSA) is 102 Å². The number of nitrogens with one attached hydrogen (secondary N) is 1. The minimum atomic E-state index is -2.98. The van der Waals surface area contributed by atoms with Gasteiger partial charge in [-0.3, -0.25) is 9.59 Å². The van der Waals surface area contributed by atoms with Gasteiger partial charge in [-0.25, -0.2) is 8.78 Å². The maximum absolute atomic E-state index is 12.3. The van der Waals surface area contributed by atoms with E-state index in [4.69, 9.17) is 11.5 Å². The zero-order valence-electron chi connectivity index (χ0n) is 6.88. The summed E-state index contributed by atoms with van der Waals surface area (Å²) in [5.74, 6) is -1.07. The monoisotopic (exact) mass is 203 g/mol. The van der Waals surface area contributed by atoms with Gasteiger partial charge in [0, 0.05) is 0 Å². The van der Waals surface area contributed by atoms with Crippen LogP contribution in [0.5, 0.6) is 0 Å². The summed E-state index contributed by atoms with van der Waals surface area (Å²) in [6, 6.07) is 0.836. The van der Waals surface area contributed by atoms with Gasteiger partial charge in [-0.2, -0.15) is 0 Å². The van der Waals surface area contributed by atoms with Crippen molar-refractivity contribution in [2.24, 2.45) is 5.73 Å². The van der Waals surface area contributed by atoms with Crippen LogP contribution in [0.3, 0.4) is 0 Å². The number of aromatic nitrogens is 1. The first-order valence-electron chi connectivity index (χ1n) is 3.54. The van der Waals surface area contributed by atoms with Crippen molar-refractivity contribution >= 4 is 11.6 Å². The molecule has 0 aliphatic carbocycles. The predicted octanol–water partition coefficient (Wildman–Crippen LogP) is -0.00640. The molecule has 1 aromatic heterocycles. The molecule has 0 saturated heterocycles. The van der Waals surface area contributed by atoms with Gasteiger partial charge >= 0.3 is 0 Å². The zero-order valence-corrected chi connectivity index (χ0v) is 6.88. The molecule has 0 atom stereocenters. The molecule has 5 N–H and O–H groups in total. The van der Waals surface area contributed by atoms with E-state index in [0.29, 0.717) is 0 Å². The van der Waals surface area contributed by atoms with Crippen LogP contribution in [-0.4, -0.2) is 10.9 Å². The quantitative estimate of drug-likeness (QED) is 0.630. The number of carbonyl (C=O) groups is 1. The molecule has 0 unspecified atom stereocenters. The lowest BCUT2D eigenvalue weighted by Gasteiger charge is -2.05. The smallest absolute Gasteiger partial charge is 0.279 e. The molecule has 0 aromatic carbocycles. The maximum atomic E-state index is 12.3. The Bertz CT molecular complexity index is 427. The third kappa shape index (κ3) is 1.70. The second-order valence-electron chi connectivity index (χ2n) is 2.55. The van der Waals surface area contributed by atoms with E-state index in [1.165, 1.54) is 0 Å². The number of carbonyl (C=O) groups excluding carboxylic acids is 1. The number of nitrogen functional groups attached to an aromatic ring is 1. The van der Waals surface area contributed by atoms with Crippen LogP contribution in [0.15, 0.2) is 10.9 Å². The second kappa shape index (κ2) is 3.44. The van der Waals surface area contributed by atoms with E-state index < -0.39 is 29.1 Å². The van der Waals surface area contributed by atoms with E-state index in [2.05, 4.69) is 0 Å². The van der Waals surface area contributed by atoms with E-state index in [-0.39, 0.29) is 5.69 Å². The first kappa shape index (κ1) is 10.2. The fourth-order valence-electron chi connectivity index (χ4n) is 0.937. The van der Waals surface area contributed by atoms with E-state index in [0.717, 1.165) is 6.07 Å². The molecule has 7 heteroatoms. The van der Waals surface area contributed by atoms with Crippen LogP contribution >= 0.6 is 0 Å². The van der Waals surface area contributed by atoms with Gasteiger partial charge in [0.25, 0.3) is 17.9 Å². The highest BCUT2D eigenvalue weighted by Crippen LogP contribution is 2.19. The Morgan fingerprint density at radius 2 is 2.07 bits per heavy atom. The van der Waals surface area contributed by atoms with Crippen LogP contribution in [0.25, 0.3) is 0 Å². The van der Waals surface area contributed by atoms with E-state index in [1.807, 2.05) is 0 Å². The van der Waals surface area contributed by atoms with Crippen molar-refractivity contribution in [1.82, 2.24) is 4.98 Å². The van der Waals surface area contributed by atoms with Gasteiger partial charge in [0.2, 0.25) is 0 Å². The number of pyridine rings is 1. The van der Waals surface area contributed by atoms with Gasteiger partial charge in [0.05, 0.1) is 16.9 Å². The first-order chi connectivity index (χ1) is 6.43. The standard InChI is InChI=1S/C7H7F2N3O2/c8-5(9)4-2(6(11)13)1-3(10)7(14)12-4/h1,5H,10H2,(H2,11,13)(H,12,14). The van der Waals surface area contributed by atoms with Gasteiger partial charge in [-0.15, -0.1) is 0 Å². The molecule has 0 fully saturated rings. The van der Waals surface area contributed by atoms with Crippen molar-refractivity contribution in [1.29, 1.82) is 0 Å². The number of aromatic amines is 1. The molecule has 1 rings (SSSR count). The van der Waals surface area contributed by atoms with Crippen LogP contribution in [-0.2, 0) is 0 Å². The minimum Gasteiger partial charge on any atom is -0.394 e. The van der Waals surface area contributed by atoms with Crippen molar-refractivity contribution in [3.05, 3.63) is 27.7 Å². The lowest BCUT2D eigenvalue weighted by atomic mass is 10.1. The van der Waals surface area contributed by atoms with Crippen molar-refractivity contribution < 1.29 is 13.6 Å². The summed E-state index contributed by atoms with van der Waals surface area (Å²) in [6.45, 7) is 0. The zero-order chi connectivity index (χ0) is 10.9. The van der Waals surface area contributed by atoms with E-state index >= 15 is 0 Å². The highest BCUT2D eigenvalue weighted by atomic mass is 19.3. The average molecular weight is 203 g/mol. The summed E-state index contributed by atoms with van der Waals surface area (Å²) in [7, 11) is 0. The molecule has 0 bridgehead atoms. The van der Waals surface area contributed by atoms with Crippen LogP contribution in [0.2, 0.25) is 0 Å². The second-order valence-corrected chi connectivity index (χ2v) is 2.55. The fraction of sp³-hybridized carbons (Fsp3) is 0.143. The molecule has 0 saturated carbocycles. The Labute approximate surface area is 76.7 Å². The number of rotatable bonds is 2. The molecule has 14 heavy (non-hydrogen) atoms. The van der Waals surface area contributed by atoms with Crippen LogP contribution < -0.4 is 17.0 Å². The summed E-state index contributed by atoms with van der Waals surface area (Å²) in [4.78, 5) is 23.3. The van der Waals surface area contributed by atoms with Gasteiger partial charge in [-0.05, 0) is 6.07 Å². The fourth-order valence-corrected chi connectivity index (χ4v) is 0.937. The summed E-state index contributed by atoms with van der Waals surface area (Å²) < 4.78 is 24.6. The highest BCUT2D eigenvalue weighted by Gasteiger charge is 2.18. The SMILES string of the molecule is NC(=O)c1cc(N)c(=O)[nH]c1C(F)F. The number of halogens is 2. The van der Waals surface area contributed by atoms with E-state index in [9.17, 15) is 18.4 Å². The Morgan fingerprint density at radius 3 is 2.50 bits per heavy atom.